The lowest BCUT2D eigenvalue weighted by atomic mass is 9.88. The Morgan fingerprint density at radius 2 is 1.89 bits per heavy atom. The van der Waals surface area contributed by atoms with Crippen LogP contribution in [0.2, 0.25) is 0 Å². The third kappa shape index (κ3) is 1.68. The summed E-state index contributed by atoms with van der Waals surface area (Å²) in [4.78, 5) is 10.3. The van der Waals surface area contributed by atoms with E-state index in [-0.39, 0.29) is 0 Å². The second-order valence-electron chi connectivity index (χ2n) is 2.70. The molecule has 0 spiro atoms. The maximum Gasteiger partial charge on any atom is 0.311 e. The van der Waals surface area contributed by atoms with Gasteiger partial charge in [0, 0.05) is 0 Å². The van der Waals surface area contributed by atoms with Gasteiger partial charge in [0.2, 0.25) is 0 Å². The van der Waals surface area contributed by atoms with E-state index in [4.69, 9.17) is 10.2 Å². The van der Waals surface area contributed by atoms with E-state index in [0.29, 0.717) is 0 Å². The minimum absolute atomic E-state index is 0.810. The first-order chi connectivity index (χ1) is 3.89. The first kappa shape index (κ1) is 8.43. The van der Waals surface area contributed by atoms with Gasteiger partial charge in [-0.25, -0.2) is 0 Å². The van der Waals surface area contributed by atoms with Gasteiger partial charge in [0.15, 0.2) is 0 Å². The molecule has 0 fully saturated rings. The Labute approximate surface area is 54.3 Å². The summed E-state index contributed by atoms with van der Waals surface area (Å²) in [7, 11) is 0. The van der Waals surface area contributed by atoms with Crippen LogP contribution in [0.25, 0.3) is 0 Å². The molecule has 0 unspecified atom stereocenters. The molecule has 0 saturated heterocycles. The zero-order chi connectivity index (χ0) is 7.65. The van der Waals surface area contributed by atoms with Gasteiger partial charge in [-0.3, -0.25) is 4.79 Å². The minimum atomic E-state index is -1.03. The lowest BCUT2D eigenvalue weighted by Crippen LogP contribution is -2.34. The van der Waals surface area contributed by atoms with Crippen molar-refractivity contribution in [3.05, 3.63) is 0 Å². The molecule has 0 aromatic rings. The molecule has 2 N–H and O–H groups in total. The number of carbonyl (C=O) groups is 1. The summed E-state index contributed by atoms with van der Waals surface area (Å²) in [5.74, 6) is -0.975. The molecule has 1 atom stereocenters. The standard InChI is InChI=1S/C6H12O3/c1-4(7)6(2,3)5(8)9/h4,7H,1-3H3,(H,8,9)/t4-/m0/s1. The zero-order valence-corrected chi connectivity index (χ0v) is 5.88. The van der Waals surface area contributed by atoms with Crippen LogP contribution in [0.1, 0.15) is 20.8 Å². The fourth-order valence-electron chi connectivity index (χ4n) is 0.179. The van der Waals surface area contributed by atoms with Crippen molar-refractivity contribution in [1.82, 2.24) is 0 Å². The van der Waals surface area contributed by atoms with Gasteiger partial charge in [-0.05, 0) is 20.8 Å². The van der Waals surface area contributed by atoms with Gasteiger partial charge >= 0.3 is 5.97 Å². The largest absolute Gasteiger partial charge is 0.481 e. The number of carboxylic acid groups (broad SMARTS) is 1. The molecule has 0 aliphatic rings. The number of rotatable bonds is 2. The Balaban J connectivity index is 4.19. The Hall–Kier alpha value is -0.570. The van der Waals surface area contributed by atoms with Crippen LogP contribution in [0.15, 0.2) is 0 Å². The van der Waals surface area contributed by atoms with Crippen LogP contribution in [-0.4, -0.2) is 22.3 Å². The van der Waals surface area contributed by atoms with Crippen molar-refractivity contribution in [3.8, 4) is 0 Å². The van der Waals surface area contributed by atoms with Gasteiger partial charge in [0.1, 0.15) is 0 Å². The number of hydrogen-bond donors (Lipinski definition) is 2. The highest BCUT2D eigenvalue weighted by Gasteiger charge is 2.32. The van der Waals surface area contributed by atoms with Gasteiger partial charge in [0.25, 0.3) is 0 Å². The normalized spacial score (nSPS) is 15.1. The predicted molar refractivity (Wildman–Crippen MR) is 33.1 cm³/mol. The Bertz CT molecular complexity index is 115. The topological polar surface area (TPSA) is 57.5 Å². The van der Waals surface area contributed by atoms with Crippen molar-refractivity contribution in [1.29, 1.82) is 0 Å². The third-order valence-electron chi connectivity index (χ3n) is 1.60. The van der Waals surface area contributed by atoms with Gasteiger partial charge in [-0.2, -0.15) is 0 Å². The first-order valence-electron chi connectivity index (χ1n) is 2.80. The average molecular weight is 132 g/mol. The molecule has 0 radical (unpaired) electrons. The molecule has 0 aromatic heterocycles. The van der Waals surface area contributed by atoms with Crippen LogP contribution in [0.3, 0.4) is 0 Å². The fourth-order valence-corrected chi connectivity index (χ4v) is 0.179. The van der Waals surface area contributed by atoms with Crippen molar-refractivity contribution >= 4 is 5.97 Å². The molecular weight excluding hydrogens is 120 g/mol. The molecule has 0 bridgehead atoms. The summed E-state index contributed by atoms with van der Waals surface area (Å²) in [6.45, 7) is 4.44. The molecule has 54 valence electrons. The third-order valence-corrected chi connectivity index (χ3v) is 1.60. The van der Waals surface area contributed by atoms with E-state index in [1.54, 1.807) is 0 Å². The average Bonchev–Trinajstić information content (AvgIpc) is 1.65. The minimum Gasteiger partial charge on any atom is -0.481 e. The quantitative estimate of drug-likeness (QED) is 0.574. The highest BCUT2D eigenvalue weighted by Crippen LogP contribution is 2.19. The zero-order valence-electron chi connectivity index (χ0n) is 5.88. The van der Waals surface area contributed by atoms with E-state index in [2.05, 4.69) is 0 Å². The summed E-state index contributed by atoms with van der Waals surface area (Å²) < 4.78 is 0. The van der Waals surface area contributed by atoms with E-state index in [0.717, 1.165) is 0 Å². The highest BCUT2D eigenvalue weighted by molar-refractivity contribution is 5.74. The maximum atomic E-state index is 10.3. The molecule has 0 saturated carbocycles. The number of aliphatic carboxylic acids is 1. The van der Waals surface area contributed by atoms with Gasteiger partial charge < -0.3 is 10.2 Å². The highest BCUT2D eigenvalue weighted by atomic mass is 16.4. The van der Waals surface area contributed by atoms with Crippen molar-refractivity contribution in [2.45, 2.75) is 26.9 Å². The van der Waals surface area contributed by atoms with E-state index in [9.17, 15) is 4.79 Å². The number of aliphatic hydroxyl groups is 1. The van der Waals surface area contributed by atoms with Crippen LogP contribution < -0.4 is 0 Å². The molecule has 9 heavy (non-hydrogen) atoms. The second-order valence-corrected chi connectivity index (χ2v) is 2.70. The molecule has 0 heterocycles. The van der Waals surface area contributed by atoms with Crippen LogP contribution in [0.5, 0.6) is 0 Å². The van der Waals surface area contributed by atoms with E-state index < -0.39 is 17.5 Å². The second kappa shape index (κ2) is 2.35. The lowest BCUT2D eigenvalue weighted by Gasteiger charge is -2.21. The fraction of sp³-hybridized carbons (Fsp3) is 0.833. The van der Waals surface area contributed by atoms with Crippen molar-refractivity contribution in [3.63, 3.8) is 0 Å². The summed E-state index contributed by atoms with van der Waals surface area (Å²) in [5, 5.41) is 17.3. The molecule has 0 aromatic carbocycles. The van der Waals surface area contributed by atoms with Crippen molar-refractivity contribution in [2.75, 3.05) is 0 Å². The molecule has 3 nitrogen and oxygen atoms in total. The van der Waals surface area contributed by atoms with Crippen LogP contribution in [0, 0.1) is 5.41 Å². The van der Waals surface area contributed by atoms with Crippen molar-refractivity contribution < 1.29 is 15.0 Å². The van der Waals surface area contributed by atoms with Gasteiger partial charge in [0.05, 0.1) is 11.5 Å². The van der Waals surface area contributed by atoms with E-state index in [1.807, 2.05) is 0 Å². The smallest absolute Gasteiger partial charge is 0.311 e. The first-order valence-corrected chi connectivity index (χ1v) is 2.80. The maximum absolute atomic E-state index is 10.3. The molecular formula is C6H12O3. The summed E-state index contributed by atoms with van der Waals surface area (Å²) in [6, 6.07) is 0. The predicted octanol–water partition coefficient (Wildman–Crippen LogP) is 0.478. The Morgan fingerprint density at radius 1 is 1.56 bits per heavy atom. The molecule has 0 rings (SSSR count). The van der Waals surface area contributed by atoms with E-state index in [1.165, 1.54) is 20.8 Å². The van der Waals surface area contributed by atoms with Crippen molar-refractivity contribution in [2.24, 2.45) is 5.41 Å². The SMILES string of the molecule is C[C@H](O)C(C)(C)C(=O)O. The molecule has 0 amide bonds. The molecule has 3 heteroatoms. The number of aliphatic hydroxyl groups excluding tert-OH is 1. The van der Waals surface area contributed by atoms with Gasteiger partial charge in [-0.15, -0.1) is 0 Å². The van der Waals surface area contributed by atoms with Crippen LogP contribution >= 0.6 is 0 Å². The Kier molecular flexibility index (Phi) is 2.20. The van der Waals surface area contributed by atoms with Gasteiger partial charge in [-0.1, -0.05) is 0 Å². The summed E-state index contributed by atoms with van der Waals surface area (Å²) >= 11 is 0. The summed E-state index contributed by atoms with van der Waals surface area (Å²) in [5.41, 5.74) is -1.03. The molecule has 0 aliphatic heterocycles. The monoisotopic (exact) mass is 132 g/mol. The van der Waals surface area contributed by atoms with E-state index >= 15 is 0 Å². The number of carboxylic acids is 1. The molecule has 0 aliphatic carbocycles. The number of hydrogen-bond acceptors (Lipinski definition) is 2. The Morgan fingerprint density at radius 3 is 1.89 bits per heavy atom. The van der Waals surface area contributed by atoms with Crippen LogP contribution in [0.4, 0.5) is 0 Å². The van der Waals surface area contributed by atoms with Crippen LogP contribution in [-0.2, 0) is 4.79 Å². The summed E-state index contributed by atoms with van der Waals surface area (Å²) in [6.07, 6.45) is -0.810. The lowest BCUT2D eigenvalue weighted by molar-refractivity contribution is -0.152.